The van der Waals surface area contributed by atoms with E-state index in [1.807, 2.05) is 0 Å². The molecule has 0 bridgehead atoms. The van der Waals surface area contributed by atoms with Gasteiger partial charge in [-0.15, -0.1) is 0 Å². The third-order valence-electron chi connectivity index (χ3n) is 5.38. The molecule has 2 aliphatic rings. The Balaban J connectivity index is 2.06. The molecule has 2 aliphatic carbocycles. The quantitative estimate of drug-likeness (QED) is 0.619. The van der Waals surface area contributed by atoms with E-state index in [0.717, 1.165) is 38.5 Å². The zero-order chi connectivity index (χ0) is 15.5. The van der Waals surface area contributed by atoms with E-state index in [0.29, 0.717) is 22.9 Å². The lowest BCUT2D eigenvalue weighted by Gasteiger charge is -2.36. The fourth-order valence-electron chi connectivity index (χ4n) is 4.31. The molecule has 0 heterocycles. The van der Waals surface area contributed by atoms with Crippen LogP contribution in [0.2, 0.25) is 0 Å². The summed E-state index contributed by atoms with van der Waals surface area (Å²) in [5, 5.41) is 3.29. The van der Waals surface area contributed by atoms with Gasteiger partial charge in [0, 0.05) is 6.04 Å². The standard InChI is InChI=1S/C17H30N2OS/c1-12-9-13(2)11-14(10-12)19-16(20)17(15(18)21)7-5-3-4-6-8-17/h12-14H,3-11H2,1-2H3,(H2,18,21)(H,19,20). The molecule has 3 N–H and O–H groups in total. The van der Waals surface area contributed by atoms with Crippen molar-refractivity contribution < 1.29 is 4.79 Å². The Bertz CT molecular complexity index is 378. The van der Waals surface area contributed by atoms with E-state index in [1.54, 1.807) is 0 Å². The van der Waals surface area contributed by atoms with Crippen molar-refractivity contribution in [3.63, 3.8) is 0 Å². The molecule has 0 aromatic heterocycles. The van der Waals surface area contributed by atoms with Gasteiger partial charge in [-0.2, -0.15) is 0 Å². The number of thiocarbonyl (C=S) groups is 1. The molecule has 2 rings (SSSR count). The summed E-state index contributed by atoms with van der Waals surface area (Å²) in [6, 6.07) is 0.297. The highest BCUT2D eigenvalue weighted by atomic mass is 32.1. The smallest absolute Gasteiger partial charge is 0.233 e. The fourth-order valence-corrected chi connectivity index (χ4v) is 4.60. The highest BCUT2D eigenvalue weighted by Crippen LogP contribution is 2.37. The molecule has 21 heavy (non-hydrogen) atoms. The lowest BCUT2D eigenvalue weighted by atomic mass is 9.77. The Labute approximate surface area is 134 Å². The van der Waals surface area contributed by atoms with E-state index in [9.17, 15) is 4.79 Å². The Hall–Kier alpha value is -0.640. The summed E-state index contributed by atoms with van der Waals surface area (Å²) in [6.07, 6.45) is 9.59. The largest absolute Gasteiger partial charge is 0.392 e. The monoisotopic (exact) mass is 310 g/mol. The van der Waals surface area contributed by atoms with Gasteiger partial charge >= 0.3 is 0 Å². The molecule has 2 fully saturated rings. The van der Waals surface area contributed by atoms with Crippen molar-refractivity contribution in [1.82, 2.24) is 5.32 Å². The van der Waals surface area contributed by atoms with Gasteiger partial charge in [0.25, 0.3) is 0 Å². The van der Waals surface area contributed by atoms with Gasteiger partial charge in [0.05, 0.1) is 10.4 Å². The van der Waals surface area contributed by atoms with E-state index in [4.69, 9.17) is 18.0 Å². The number of hydrogen-bond acceptors (Lipinski definition) is 2. The molecule has 0 aliphatic heterocycles. The van der Waals surface area contributed by atoms with Crippen molar-refractivity contribution in [1.29, 1.82) is 0 Å². The number of amides is 1. The topological polar surface area (TPSA) is 55.1 Å². The highest BCUT2D eigenvalue weighted by molar-refractivity contribution is 7.80. The number of rotatable bonds is 3. The van der Waals surface area contributed by atoms with Crippen molar-refractivity contribution in [2.45, 2.75) is 77.7 Å². The molecule has 2 atom stereocenters. The number of hydrogen-bond donors (Lipinski definition) is 2. The van der Waals surface area contributed by atoms with Crippen molar-refractivity contribution in [3.05, 3.63) is 0 Å². The summed E-state index contributed by atoms with van der Waals surface area (Å²) in [6.45, 7) is 4.56. The summed E-state index contributed by atoms with van der Waals surface area (Å²) >= 11 is 5.30. The number of nitrogens with two attached hydrogens (primary N) is 1. The third-order valence-corrected chi connectivity index (χ3v) is 5.77. The molecule has 0 aromatic carbocycles. The molecule has 120 valence electrons. The van der Waals surface area contributed by atoms with E-state index in [1.165, 1.54) is 19.3 Å². The minimum absolute atomic E-state index is 0.100. The van der Waals surface area contributed by atoms with Crippen molar-refractivity contribution in [3.8, 4) is 0 Å². The van der Waals surface area contributed by atoms with Crippen molar-refractivity contribution >= 4 is 23.1 Å². The average Bonchev–Trinajstić information content (AvgIpc) is 2.63. The first-order chi connectivity index (χ1) is 9.94. The van der Waals surface area contributed by atoms with Gasteiger partial charge in [-0.25, -0.2) is 0 Å². The molecule has 4 heteroatoms. The van der Waals surface area contributed by atoms with Crippen LogP contribution in [-0.4, -0.2) is 16.9 Å². The van der Waals surface area contributed by atoms with Gasteiger partial charge in [-0.3, -0.25) is 4.79 Å². The first-order valence-corrected chi connectivity index (χ1v) is 8.96. The Morgan fingerprint density at radius 2 is 1.57 bits per heavy atom. The maximum atomic E-state index is 12.9. The van der Waals surface area contributed by atoms with E-state index >= 15 is 0 Å². The second-order valence-electron chi connectivity index (χ2n) is 7.45. The van der Waals surface area contributed by atoms with Gasteiger partial charge in [0.15, 0.2) is 0 Å². The van der Waals surface area contributed by atoms with Crippen molar-refractivity contribution in [2.75, 3.05) is 0 Å². The van der Waals surface area contributed by atoms with E-state index in [2.05, 4.69) is 19.2 Å². The van der Waals surface area contributed by atoms with Crippen LogP contribution in [0, 0.1) is 17.3 Å². The Morgan fingerprint density at radius 3 is 2.05 bits per heavy atom. The fraction of sp³-hybridized carbons (Fsp3) is 0.882. The third kappa shape index (κ3) is 3.97. The van der Waals surface area contributed by atoms with Crippen LogP contribution in [0.4, 0.5) is 0 Å². The van der Waals surface area contributed by atoms with Crippen LogP contribution in [0.5, 0.6) is 0 Å². The van der Waals surface area contributed by atoms with Crippen LogP contribution in [0.15, 0.2) is 0 Å². The minimum Gasteiger partial charge on any atom is -0.392 e. The molecule has 0 spiro atoms. The number of carbonyl (C=O) groups excluding carboxylic acids is 1. The Morgan fingerprint density at radius 1 is 1.05 bits per heavy atom. The first kappa shape index (κ1) is 16.7. The molecule has 0 aromatic rings. The Kier molecular flexibility index (Phi) is 5.64. The first-order valence-electron chi connectivity index (χ1n) is 8.55. The average molecular weight is 311 g/mol. The lowest BCUT2D eigenvalue weighted by molar-refractivity contribution is -0.129. The molecule has 2 unspecified atom stereocenters. The second-order valence-corrected chi connectivity index (χ2v) is 7.89. The molecule has 2 saturated carbocycles. The summed E-state index contributed by atoms with van der Waals surface area (Å²) in [7, 11) is 0. The predicted octanol–water partition coefficient (Wildman–Crippen LogP) is 3.55. The van der Waals surface area contributed by atoms with E-state index < -0.39 is 5.41 Å². The molecular formula is C17H30N2OS. The predicted molar refractivity (Wildman–Crippen MR) is 91.0 cm³/mol. The van der Waals surface area contributed by atoms with Crippen LogP contribution in [0.25, 0.3) is 0 Å². The number of nitrogens with one attached hydrogen (secondary N) is 1. The molecule has 0 saturated heterocycles. The van der Waals surface area contributed by atoms with E-state index in [-0.39, 0.29) is 5.91 Å². The van der Waals surface area contributed by atoms with Gasteiger partial charge in [-0.1, -0.05) is 51.7 Å². The highest BCUT2D eigenvalue weighted by Gasteiger charge is 2.42. The molecule has 0 radical (unpaired) electrons. The van der Waals surface area contributed by atoms with Crippen LogP contribution in [0.3, 0.4) is 0 Å². The van der Waals surface area contributed by atoms with Crippen LogP contribution < -0.4 is 11.1 Å². The maximum Gasteiger partial charge on any atom is 0.233 e. The van der Waals surface area contributed by atoms with Crippen LogP contribution in [0.1, 0.15) is 71.6 Å². The zero-order valence-electron chi connectivity index (χ0n) is 13.5. The van der Waals surface area contributed by atoms with Gasteiger partial charge in [0.2, 0.25) is 5.91 Å². The molecule has 3 nitrogen and oxygen atoms in total. The van der Waals surface area contributed by atoms with Crippen LogP contribution in [-0.2, 0) is 4.79 Å². The second kappa shape index (κ2) is 7.08. The number of carbonyl (C=O) groups is 1. The molecule has 1 amide bonds. The van der Waals surface area contributed by atoms with Crippen LogP contribution >= 0.6 is 12.2 Å². The normalized spacial score (nSPS) is 33.0. The zero-order valence-corrected chi connectivity index (χ0v) is 14.3. The van der Waals surface area contributed by atoms with Crippen molar-refractivity contribution in [2.24, 2.45) is 23.0 Å². The van der Waals surface area contributed by atoms with Gasteiger partial charge < -0.3 is 11.1 Å². The maximum absolute atomic E-state index is 12.9. The summed E-state index contributed by atoms with van der Waals surface area (Å²) in [5.41, 5.74) is 5.42. The molecular weight excluding hydrogens is 280 g/mol. The van der Waals surface area contributed by atoms with Gasteiger partial charge in [-0.05, 0) is 43.9 Å². The SMILES string of the molecule is CC1CC(C)CC(NC(=O)C2(C(N)=S)CCCCCC2)C1. The summed E-state index contributed by atoms with van der Waals surface area (Å²) in [4.78, 5) is 13.3. The summed E-state index contributed by atoms with van der Waals surface area (Å²) < 4.78 is 0. The van der Waals surface area contributed by atoms with Gasteiger partial charge in [0.1, 0.15) is 0 Å². The minimum atomic E-state index is -0.588. The lowest BCUT2D eigenvalue weighted by Crippen LogP contribution is -2.52. The summed E-state index contributed by atoms with van der Waals surface area (Å²) in [5.74, 6) is 1.48.